The van der Waals surface area contributed by atoms with Crippen LogP contribution in [0.2, 0.25) is 0 Å². The summed E-state index contributed by atoms with van der Waals surface area (Å²) in [6.45, 7) is 0. The highest BCUT2D eigenvalue weighted by Gasteiger charge is 2.18. The first-order chi connectivity index (χ1) is 26.8. The van der Waals surface area contributed by atoms with E-state index in [-0.39, 0.29) is 0 Å². The lowest BCUT2D eigenvalue weighted by Crippen LogP contribution is -2.01. The summed E-state index contributed by atoms with van der Waals surface area (Å²) in [5.41, 5.74) is 9.63. The van der Waals surface area contributed by atoms with Gasteiger partial charge >= 0.3 is 0 Å². The Morgan fingerprint density at radius 1 is 0.241 bits per heavy atom. The van der Waals surface area contributed by atoms with E-state index in [1.807, 2.05) is 12.1 Å². The quantitative estimate of drug-likeness (QED) is 0.129. The van der Waals surface area contributed by atoms with Gasteiger partial charge in [-0.15, -0.1) is 0 Å². The van der Waals surface area contributed by atoms with Crippen LogP contribution in [0, 0.1) is 0 Å². The van der Waals surface area contributed by atoms with Crippen molar-refractivity contribution in [1.82, 2.24) is 15.0 Å². The second kappa shape index (κ2) is 13.4. The Hall–Kier alpha value is -7.23. The van der Waals surface area contributed by atoms with Crippen LogP contribution in [-0.2, 0) is 0 Å². The largest absolute Gasteiger partial charge is 0.208 e. The first kappa shape index (κ1) is 31.5. The van der Waals surface area contributed by atoms with Gasteiger partial charge in [-0.3, -0.25) is 0 Å². The maximum atomic E-state index is 5.23. The van der Waals surface area contributed by atoms with Crippen LogP contribution in [0.3, 0.4) is 0 Å². The molecule has 0 radical (unpaired) electrons. The highest BCUT2D eigenvalue weighted by molar-refractivity contribution is 6.20. The number of benzene rings is 9. The zero-order valence-corrected chi connectivity index (χ0v) is 29.4. The van der Waals surface area contributed by atoms with Crippen LogP contribution < -0.4 is 0 Å². The molecule has 0 spiro atoms. The molecule has 9 aromatic carbocycles. The lowest BCUT2D eigenvalue weighted by Gasteiger charge is -2.15. The molecule has 0 N–H and O–H groups in total. The van der Waals surface area contributed by atoms with E-state index in [0.29, 0.717) is 17.5 Å². The number of nitrogens with zero attached hydrogens (tertiary/aromatic N) is 3. The first-order valence-electron chi connectivity index (χ1n) is 18.3. The number of hydrogen-bond acceptors (Lipinski definition) is 3. The molecule has 0 aliphatic carbocycles. The van der Waals surface area contributed by atoms with E-state index in [1.165, 1.54) is 43.4 Å². The van der Waals surface area contributed by atoms with E-state index in [2.05, 4.69) is 188 Å². The molecule has 0 atom stereocenters. The summed E-state index contributed by atoms with van der Waals surface area (Å²) >= 11 is 0. The SMILES string of the molecule is c1ccc(-c2ccc(-c3nc(-c4cccc(-c5c6ccccc6cc6c5ccc5ccccc56)c4)nc(-c4ccccc4-c4ccccc4)n3)cc2)cc1. The van der Waals surface area contributed by atoms with Crippen molar-refractivity contribution >= 4 is 32.3 Å². The van der Waals surface area contributed by atoms with Crippen molar-refractivity contribution in [1.29, 1.82) is 0 Å². The third kappa shape index (κ3) is 5.69. The minimum atomic E-state index is 0.627. The standard InChI is InChI=1S/C51H33N3/c1-3-14-34(15-4-1)35-26-28-38(29-27-35)49-52-50(54-51(53-49)46-25-12-11-22-42(46)36-16-5-2-6-17-36)41-21-13-20-40(32-41)48-44-24-10-8-19-39(44)33-47-43-23-9-7-18-37(43)30-31-45(47)48/h1-33H. The van der Waals surface area contributed by atoms with Gasteiger partial charge in [-0.25, -0.2) is 15.0 Å². The normalized spacial score (nSPS) is 11.3. The molecule has 252 valence electrons. The van der Waals surface area contributed by atoms with Crippen LogP contribution >= 0.6 is 0 Å². The van der Waals surface area contributed by atoms with Gasteiger partial charge in [-0.05, 0) is 77.8 Å². The van der Waals surface area contributed by atoms with Crippen molar-refractivity contribution in [3.8, 4) is 67.5 Å². The van der Waals surface area contributed by atoms with Crippen LogP contribution in [0.4, 0.5) is 0 Å². The summed E-state index contributed by atoms with van der Waals surface area (Å²) in [5.74, 6) is 1.89. The molecule has 0 fully saturated rings. The van der Waals surface area contributed by atoms with Crippen LogP contribution in [-0.4, -0.2) is 15.0 Å². The lowest BCUT2D eigenvalue weighted by atomic mass is 9.89. The predicted octanol–water partition coefficient (Wildman–Crippen LogP) is 13.3. The highest BCUT2D eigenvalue weighted by atomic mass is 15.0. The molecule has 0 bridgehead atoms. The molecule has 1 heterocycles. The van der Waals surface area contributed by atoms with Crippen molar-refractivity contribution in [2.24, 2.45) is 0 Å². The molecule has 0 aliphatic rings. The van der Waals surface area contributed by atoms with Gasteiger partial charge in [-0.1, -0.05) is 188 Å². The molecule has 0 aliphatic heterocycles. The van der Waals surface area contributed by atoms with Crippen molar-refractivity contribution in [2.45, 2.75) is 0 Å². The summed E-state index contributed by atoms with van der Waals surface area (Å²) in [6, 6.07) is 70.5. The van der Waals surface area contributed by atoms with E-state index >= 15 is 0 Å². The lowest BCUT2D eigenvalue weighted by molar-refractivity contribution is 1.07. The van der Waals surface area contributed by atoms with Gasteiger partial charge in [-0.2, -0.15) is 0 Å². The van der Waals surface area contributed by atoms with Gasteiger partial charge in [0.2, 0.25) is 0 Å². The second-order valence-electron chi connectivity index (χ2n) is 13.6. The van der Waals surface area contributed by atoms with E-state index in [1.54, 1.807) is 0 Å². The molecule has 10 aromatic rings. The van der Waals surface area contributed by atoms with Gasteiger partial charge in [0.25, 0.3) is 0 Å². The number of rotatable bonds is 6. The molecular weight excluding hydrogens is 655 g/mol. The molecule has 3 nitrogen and oxygen atoms in total. The summed E-state index contributed by atoms with van der Waals surface area (Å²) in [7, 11) is 0. The molecule has 0 saturated heterocycles. The molecule has 0 unspecified atom stereocenters. The highest BCUT2D eigenvalue weighted by Crippen LogP contribution is 2.41. The van der Waals surface area contributed by atoms with E-state index < -0.39 is 0 Å². The zero-order chi connectivity index (χ0) is 35.8. The third-order valence-corrected chi connectivity index (χ3v) is 10.3. The van der Waals surface area contributed by atoms with E-state index in [4.69, 9.17) is 15.0 Å². The maximum absolute atomic E-state index is 5.23. The Bertz CT molecular complexity index is 2970. The van der Waals surface area contributed by atoms with Crippen LogP contribution in [0.15, 0.2) is 200 Å². The minimum absolute atomic E-state index is 0.627. The fourth-order valence-corrected chi connectivity index (χ4v) is 7.69. The van der Waals surface area contributed by atoms with E-state index in [9.17, 15) is 0 Å². The monoisotopic (exact) mass is 687 g/mol. The van der Waals surface area contributed by atoms with Crippen LogP contribution in [0.25, 0.3) is 99.9 Å². The summed E-state index contributed by atoms with van der Waals surface area (Å²) in [6.07, 6.45) is 0. The first-order valence-corrected chi connectivity index (χ1v) is 18.3. The topological polar surface area (TPSA) is 38.7 Å². The summed E-state index contributed by atoms with van der Waals surface area (Å²) in [5, 5.41) is 7.37. The fraction of sp³-hybridized carbons (Fsp3) is 0. The Kier molecular flexibility index (Phi) is 7.81. The molecule has 54 heavy (non-hydrogen) atoms. The summed E-state index contributed by atoms with van der Waals surface area (Å²) < 4.78 is 0. The Balaban J connectivity index is 1.17. The average molecular weight is 688 g/mol. The van der Waals surface area contributed by atoms with Crippen LogP contribution in [0.1, 0.15) is 0 Å². The van der Waals surface area contributed by atoms with Gasteiger partial charge in [0.05, 0.1) is 0 Å². The number of hydrogen-bond donors (Lipinski definition) is 0. The number of aromatic nitrogens is 3. The second-order valence-corrected chi connectivity index (χ2v) is 13.6. The Morgan fingerprint density at radius 2 is 0.778 bits per heavy atom. The van der Waals surface area contributed by atoms with Gasteiger partial charge in [0, 0.05) is 16.7 Å². The average Bonchev–Trinajstić information content (AvgIpc) is 3.26. The van der Waals surface area contributed by atoms with Crippen molar-refractivity contribution < 1.29 is 0 Å². The Labute approximate surface area is 313 Å². The molecule has 10 rings (SSSR count). The van der Waals surface area contributed by atoms with E-state index in [0.717, 1.165) is 38.9 Å². The molecule has 3 heteroatoms. The Morgan fingerprint density at radius 3 is 1.56 bits per heavy atom. The van der Waals surface area contributed by atoms with Crippen LogP contribution in [0.5, 0.6) is 0 Å². The molecule has 1 aromatic heterocycles. The predicted molar refractivity (Wildman–Crippen MR) is 225 cm³/mol. The molecular formula is C51H33N3. The van der Waals surface area contributed by atoms with Crippen molar-refractivity contribution in [3.05, 3.63) is 200 Å². The fourth-order valence-electron chi connectivity index (χ4n) is 7.69. The zero-order valence-electron chi connectivity index (χ0n) is 29.4. The summed E-state index contributed by atoms with van der Waals surface area (Å²) in [4.78, 5) is 15.6. The van der Waals surface area contributed by atoms with Crippen molar-refractivity contribution in [2.75, 3.05) is 0 Å². The maximum Gasteiger partial charge on any atom is 0.164 e. The third-order valence-electron chi connectivity index (χ3n) is 10.3. The molecule has 0 saturated carbocycles. The van der Waals surface area contributed by atoms with Gasteiger partial charge in [0.15, 0.2) is 17.5 Å². The van der Waals surface area contributed by atoms with Gasteiger partial charge < -0.3 is 0 Å². The minimum Gasteiger partial charge on any atom is -0.208 e. The van der Waals surface area contributed by atoms with Gasteiger partial charge in [0.1, 0.15) is 0 Å². The molecule has 0 amide bonds. The smallest absolute Gasteiger partial charge is 0.164 e. The number of fused-ring (bicyclic) bond motifs is 4. The van der Waals surface area contributed by atoms with Crippen molar-refractivity contribution in [3.63, 3.8) is 0 Å².